The molecule has 4 nitrogen and oxygen atoms in total. The summed E-state index contributed by atoms with van der Waals surface area (Å²) in [5.74, 6) is 1.32. The van der Waals surface area contributed by atoms with Crippen molar-refractivity contribution in [2.75, 3.05) is 19.6 Å². The molecule has 3 fully saturated rings. The Labute approximate surface area is 140 Å². The smallest absolute Gasteiger partial charge is 0.405 e. The molecule has 3 heterocycles. The second kappa shape index (κ2) is 6.20. The number of nitrogens with zero attached hydrogens (tertiary/aromatic N) is 1. The Morgan fingerprint density at radius 1 is 1.36 bits per heavy atom. The van der Waals surface area contributed by atoms with Crippen molar-refractivity contribution in [2.45, 2.75) is 31.7 Å². The van der Waals surface area contributed by atoms with Crippen molar-refractivity contribution in [2.24, 2.45) is 11.8 Å². The van der Waals surface area contributed by atoms with Gasteiger partial charge in [-0.1, -0.05) is 28.1 Å². The van der Waals surface area contributed by atoms with E-state index < -0.39 is 11.6 Å². The van der Waals surface area contributed by atoms with Crippen LogP contribution in [0.5, 0.6) is 0 Å². The summed E-state index contributed by atoms with van der Waals surface area (Å²) >= 11 is 3.44. The normalized spacial score (nSPS) is 29.8. The maximum Gasteiger partial charge on any atom is 0.405 e. The fourth-order valence-electron chi connectivity index (χ4n) is 4.14. The van der Waals surface area contributed by atoms with Crippen molar-refractivity contribution in [3.63, 3.8) is 0 Å². The Balaban J connectivity index is 1.82. The molecule has 5 heteroatoms. The van der Waals surface area contributed by atoms with Gasteiger partial charge >= 0.3 is 6.09 Å². The van der Waals surface area contributed by atoms with Crippen LogP contribution in [0.2, 0.25) is 0 Å². The number of halogens is 1. The van der Waals surface area contributed by atoms with Gasteiger partial charge in [-0.05, 0) is 68.8 Å². The highest BCUT2D eigenvalue weighted by molar-refractivity contribution is 9.10. The second-order valence-corrected chi connectivity index (χ2v) is 7.79. The van der Waals surface area contributed by atoms with E-state index in [4.69, 9.17) is 0 Å². The molecule has 120 valence electrons. The number of carbonyl (C=O) groups is 1. The first-order valence-electron chi connectivity index (χ1n) is 7.96. The molecule has 0 aliphatic carbocycles. The number of piperidine rings is 3. The summed E-state index contributed by atoms with van der Waals surface area (Å²) in [7, 11) is 0. The average Bonchev–Trinajstić information content (AvgIpc) is 2.48. The molecule has 4 rings (SSSR count). The number of hydrogen-bond acceptors (Lipinski definition) is 2. The summed E-state index contributed by atoms with van der Waals surface area (Å²) in [5.41, 5.74) is 0.505. The quantitative estimate of drug-likeness (QED) is 0.854. The van der Waals surface area contributed by atoms with E-state index in [1.54, 1.807) is 0 Å². The number of amides is 1. The molecule has 0 aromatic heterocycles. The summed E-state index contributed by atoms with van der Waals surface area (Å²) in [5, 5.41) is 12.1. The Morgan fingerprint density at radius 3 is 2.50 bits per heavy atom. The van der Waals surface area contributed by atoms with E-state index in [2.05, 4.69) is 26.1 Å². The van der Waals surface area contributed by atoms with E-state index >= 15 is 0 Å². The maximum atomic E-state index is 11.3. The van der Waals surface area contributed by atoms with E-state index in [9.17, 15) is 9.90 Å². The van der Waals surface area contributed by atoms with Gasteiger partial charge in [0.1, 0.15) is 0 Å². The molecule has 2 N–H and O–H groups in total. The summed E-state index contributed by atoms with van der Waals surface area (Å²) in [4.78, 5) is 13.8. The fraction of sp³-hybridized carbons (Fsp3) is 0.588. The molecule has 2 atom stereocenters. The predicted octanol–water partition coefficient (Wildman–Crippen LogP) is 3.66. The van der Waals surface area contributed by atoms with Gasteiger partial charge in [0.15, 0.2) is 0 Å². The van der Waals surface area contributed by atoms with Crippen LogP contribution in [0.3, 0.4) is 0 Å². The maximum absolute atomic E-state index is 11.3. The topological polar surface area (TPSA) is 52.6 Å². The minimum Gasteiger partial charge on any atom is -0.465 e. The highest BCUT2D eigenvalue weighted by Crippen LogP contribution is 2.40. The summed E-state index contributed by atoms with van der Waals surface area (Å²) < 4.78 is 1.01. The zero-order valence-electron chi connectivity index (χ0n) is 12.9. The molecule has 2 bridgehead atoms. The molecule has 0 saturated carbocycles. The molecular formula is C17H23BrN2O2. The lowest BCUT2D eigenvalue weighted by Gasteiger charge is -2.47. The first-order valence-corrected chi connectivity index (χ1v) is 8.75. The Morgan fingerprint density at radius 2 is 2.00 bits per heavy atom. The van der Waals surface area contributed by atoms with E-state index in [1.165, 1.54) is 25.9 Å². The van der Waals surface area contributed by atoms with Gasteiger partial charge in [0.25, 0.3) is 0 Å². The monoisotopic (exact) mass is 366 g/mol. The minimum atomic E-state index is -0.952. The number of benzene rings is 1. The predicted molar refractivity (Wildman–Crippen MR) is 89.9 cm³/mol. The van der Waals surface area contributed by atoms with Crippen molar-refractivity contribution in [3.8, 4) is 0 Å². The Hall–Kier alpha value is -1.07. The number of nitrogens with one attached hydrogen (secondary N) is 1. The van der Waals surface area contributed by atoms with Crippen molar-refractivity contribution in [1.29, 1.82) is 0 Å². The van der Waals surface area contributed by atoms with Crippen molar-refractivity contribution < 1.29 is 9.90 Å². The van der Waals surface area contributed by atoms with Crippen molar-refractivity contribution in [3.05, 3.63) is 34.3 Å². The standard InChI is InChI=1S/C17H23BrN2O2/c1-17(19-16(21)22,14-2-4-15(18)5-3-14)10-13-11-20-8-6-12(13)7-9-20/h2-5,12-13,19H,6-11H2,1H3,(H,21,22). The van der Waals surface area contributed by atoms with Gasteiger partial charge in [0.2, 0.25) is 0 Å². The molecule has 0 radical (unpaired) electrons. The molecule has 3 saturated heterocycles. The third-order valence-electron chi connectivity index (χ3n) is 5.33. The van der Waals surface area contributed by atoms with Crippen LogP contribution in [0.1, 0.15) is 31.7 Å². The van der Waals surface area contributed by atoms with E-state index in [1.807, 2.05) is 31.2 Å². The Bertz CT molecular complexity index is 540. The summed E-state index contributed by atoms with van der Waals surface area (Å²) in [6.45, 7) is 5.55. The molecule has 1 amide bonds. The third-order valence-corrected chi connectivity index (χ3v) is 5.85. The first kappa shape index (κ1) is 15.8. The summed E-state index contributed by atoms with van der Waals surface area (Å²) in [6.07, 6.45) is 2.43. The van der Waals surface area contributed by atoms with Gasteiger partial charge in [0.05, 0.1) is 5.54 Å². The number of fused-ring (bicyclic) bond motifs is 3. The van der Waals surface area contributed by atoms with Gasteiger partial charge in [-0.15, -0.1) is 0 Å². The number of rotatable bonds is 4. The van der Waals surface area contributed by atoms with Crippen LogP contribution in [-0.4, -0.2) is 35.7 Å². The molecule has 1 aromatic rings. The molecule has 22 heavy (non-hydrogen) atoms. The fourth-order valence-corrected chi connectivity index (χ4v) is 4.40. The average molecular weight is 367 g/mol. The lowest BCUT2D eigenvalue weighted by molar-refractivity contribution is 0.0315. The second-order valence-electron chi connectivity index (χ2n) is 6.87. The SMILES string of the molecule is CC(CC1CN2CCC1CC2)(NC(=O)O)c1ccc(Br)cc1. The summed E-state index contributed by atoms with van der Waals surface area (Å²) in [6, 6.07) is 7.99. The van der Waals surface area contributed by atoms with Gasteiger partial charge in [-0.3, -0.25) is 0 Å². The largest absolute Gasteiger partial charge is 0.465 e. The lowest BCUT2D eigenvalue weighted by atomic mass is 9.72. The van der Waals surface area contributed by atoms with E-state index in [0.29, 0.717) is 5.92 Å². The van der Waals surface area contributed by atoms with Crippen molar-refractivity contribution in [1.82, 2.24) is 10.2 Å². The molecular weight excluding hydrogens is 344 g/mol. The van der Waals surface area contributed by atoms with E-state index in [0.717, 1.165) is 28.9 Å². The number of carboxylic acid groups (broad SMARTS) is 1. The zero-order chi connectivity index (χ0) is 15.7. The van der Waals surface area contributed by atoms with Crippen LogP contribution in [-0.2, 0) is 5.54 Å². The molecule has 0 spiro atoms. The first-order chi connectivity index (χ1) is 10.5. The van der Waals surface area contributed by atoms with Gasteiger partial charge in [-0.25, -0.2) is 4.79 Å². The molecule has 3 aliphatic heterocycles. The molecule has 3 aliphatic rings. The molecule has 1 aromatic carbocycles. The van der Waals surface area contributed by atoms with Gasteiger partial charge in [0, 0.05) is 11.0 Å². The van der Waals surface area contributed by atoms with Gasteiger partial charge < -0.3 is 15.3 Å². The number of hydrogen-bond donors (Lipinski definition) is 2. The lowest BCUT2D eigenvalue weighted by Crippen LogP contribution is -2.52. The molecule has 2 unspecified atom stereocenters. The van der Waals surface area contributed by atoms with Gasteiger partial charge in [-0.2, -0.15) is 0 Å². The minimum absolute atomic E-state index is 0.532. The highest BCUT2D eigenvalue weighted by Gasteiger charge is 2.40. The van der Waals surface area contributed by atoms with Crippen LogP contribution in [0.25, 0.3) is 0 Å². The highest BCUT2D eigenvalue weighted by atomic mass is 79.9. The van der Waals surface area contributed by atoms with Crippen molar-refractivity contribution >= 4 is 22.0 Å². The third kappa shape index (κ3) is 3.30. The van der Waals surface area contributed by atoms with Crippen LogP contribution >= 0.6 is 15.9 Å². The van der Waals surface area contributed by atoms with E-state index in [-0.39, 0.29) is 0 Å². The Kier molecular flexibility index (Phi) is 4.46. The zero-order valence-corrected chi connectivity index (χ0v) is 14.5. The van der Waals surface area contributed by atoms with Crippen LogP contribution < -0.4 is 5.32 Å². The van der Waals surface area contributed by atoms with Crippen LogP contribution in [0, 0.1) is 11.8 Å². The van der Waals surface area contributed by atoms with Crippen LogP contribution in [0.15, 0.2) is 28.7 Å². The van der Waals surface area contributed by atoms with Crippen LogP contribution in [0.4, 0.5) is 4.79 Å².